The number of ether oxygens (including phenoxy) is 2. The number of nitrogens with one attached hydrogen (secondary N) is 2. The van der Waals surface area contributed by atoms with Gasteiger partial charge >= 0.3 is 0 Å². The summed E-state index contributed by atoms with van der Waals surface area (Å²) in [5.74, 6) is -1.69. The Labute approximate surface area is 232 Å². The van der Waals surface area contributed by atoms with Gasteiger partial charge in [-0.15, -0.1) is 0 Å². The maximum absolute atomic E-state index is 13.9. The fraction of sp³-hybridized carbons (Fsp3) is 0.483. The van der Waals surface area contributed by atoms with Gasteiger partial charge in [-0.05, 0) is 75.4 Å². The molecule has 10 heteroatoms. The SMILES string of the molecule is CCOc1ccc(NC(=O)[C@@H]2[C@H]3C(=O)N(CCCCCO)C(C(=O)Nc4ccccc4Cl)C34CC[C@H]2O4)cc1. The summed E-state index contributed by atoms with van der Waals surface area (Å²) in [5.41, 5.74) is -0.0427. The quantitative estimate of drug-likeness (QED) is 0.363. The molecule has 0 saturated carbocycles. The first-order chi connectivity index (χ1) is 18.9. The van der Waals surface area contributed by atoms with Gasteiger partial charge in [0, 0.05) is 18.8 Å². The normalized spacial score (nSPS) is 26.9. The number of aliphatic hydroxyl groups is 1. The molecular weight excluding hydrogens is 522 g/mol. The van der Waals surface area contributed by atoms with Crippen molar-refractivity contribution in [3.05, 3.63) is 53.6 Å². The van der Waals surface area contributed by atoms with Crippen molar-refractivity contribution >= 4 is 40.7 Å². The molecule has 3 amide bonds. The van der Waals surface area contributed by atoms with Crippen LogP contribution in [0, 0.1) is 11.8 Å². The molecule has 5 rings (SSSR count). The van der Waals surface area contributed by atoms with Gasteiger partial charge in [0.2, 0.25) is 17.7 Å². The monoisotopic (exact) mass is 555 g/mol. The van der Waals surface area contributed by atoms with E-state index in [-0.39, 0.29) is 24.3 Å². The zero-order valence-electron chi connectivity index (χ0n) is 21.9. The van der Waals surface area contributed by atoms with Crippen molar-refractivity contribution in [2.24, 2.45) is 11.8 Å². The van der Waals surface area contributed by atoms with E-state index in [0.717, 1.165) is 0 Å². The van der Waals surface area contributed by atoms with Gasteiger partial charge in [0.1, 0.15) is 17.4 Å². The molecule has 9 nitrogen and oxygen atoms in total. The number of amides is 3. The third-order valence-corrected chi connectivity index (χ3v) is 8.30. The highest BCUT2D eigenvalue weighted by molar-refractivity contribution is 6.33. The van der Waals surface area contributed by atoms with E-state index < -0.39 is 29.6 Å². The summed E-state index contributed by atoms with van der Waals surface area (Å²) in [4.78, 5) is 42.9. The van der Waals surface area contributed by atoms with Crippen LogP contribution in [0.25, 0.3) is 0 Å². The first kappa shape index (κ1) is 27.4. The van der Waals surface area contributed by atoms with Gasteiger partial charge in [-0.2, -0.15) is 0 Å². The molecule has 3 heterocycles. The lowest BCUT2D eigenvalue weighted by Crippen LogP contribution is -2.53. The summed E-state index contributed by atoms with van der Waals surface area (Å²) in [5, 5.41) is 15.4. The first-order valence-electron chi connectivity index (χ1n) is 13.6. The van der Waals surface area contributed by atoms with E-state index in [1.165, 1.54) is 0 Å². The molecule has 2 bridgehead atoms. The van der Waals surface area contributed by atoms with Crippen LogP contribution < -0.4 is 15.4 Å². The maximum Gasteiger partial charge on any atom is 0.250 e. The molecule has 0 aliphatic carbocycles. The largest absolute Gasteiger partial charge is 0.494 e. The minimum absolute atomic E-state index is 0.0650. The molecule has 0 radical (unpaired) electrons. The van der Waals surface area contributed by atoms with E-state index in [0.29, 0.717) is 67.4 Å². The standard InChI is InChI=1S/C29H34ClN3O6/c1-2-38-19-12-10-18(11-13-19)31-26(35)23-22-14-15-29(39-22)24(23)28(37)33(16-6-3-7-17-34)25(29)27(36)32-21-9-5-4-8-20(21)30/h4-5,8-13,22-25,34H,2-3,6-7,14-17H2,1H3,(H,31,35)(H,32,36)/t22-,23+,24+,25?,29?/m1/s1. The average molecular weight is 556 g/mol. The van der Waals surface area contributed by atoms with E-state index in [4.69, 9.17) is 21.1 Å². The smallest absolute Gasteiger partial charge is 0.250 e. The van der Waals surface area contributed by atoms with Gasteiger partial charge in [0.25, 0.3) is 0 Å². The van der Waals surface area contributed by atoms with Crippen molar-refractivity contribution in [2.75, 3.05) is 30.4 Å². The number of fused-ring (bicyclic) bond motifs is 1. The summed E-state index contributed by atoms with van der Waals surface area (Å²) in [6, 6.07) is 13.1. The molecule has 1 spiro atoms. The Balaban J connectivity index is 1.41. The van der Waals surface area contributed by atoms with Crippen LogP contribution in [-0.4, -0.2) is 65.2 Å². The minimum atomic E-state index is -1.09. The summed E-state index contributed by atoms with van der Waals surface area (Å²) >= 11 is 6.30. The van der Waals surface area contributed by atoms with Gasteiger partial charge in [-0.25, -0.2) is 0 Å². The third-order valence-electron chi connectivity index (χ3n) is 7.97. The molecule has 208 valence electrons. The number of carbonyl (C=O) groups excluding carboxylic acids is 3. The van der Waals surface area contributed by atoms with Crippen molar-refractivity contribution in [1.29, 1.82) is 0 Å². The number of unbranched alkanes of at least 4 members (excludes halogenated alkanes) is 2. The van der Waals surface area contributed by atoms with Crippen LogP contribution >= 0.6 is 11.6 Å². The molecule has 39 heavy (non-hydrogen) atoms. The summed E-state index contributed by atoms with van der Waals surface area (Å²) in [6.45, 7) is 2.84. The van der Waals surface area contributed by atoms with Crippen molar-refractivity contribution in [1.82, 2.24) is 4.90 Å². The minimum Gasteiger partial charge on any atom is -0.494 e. The van der Waals surface area contributed by atoms with Crippen LogP contribution in [-0.2, 0) is 19.1 Å². The van der Waals surface area contributed by atoms with Crippen LogP contribution in [0.4, 0.5) is 11.4 Å². The second-order valence-corrected chi connectivity index (χ2v) is 10.7. The second kappa shape index (κ2) is 11.5. The second-order valence-electron chi connectivity index (χ2n) is 10.3. The highest BCUT2D eigenvalue weighted by Gasteiger charge is 2.74. The van der Waals surface area contributed by atoms with Crippen LogP contribution in [0.15, 0.2) is 48.5 Å². The molecule has 2 aromatic rings. The number of halogens is 1. The highest BCUT2D eigenvalue weighted by Crippen LogP contribution is 2.58. The third kappa shape index (κ3) is 5.11. The lowest BCUT2D eigenvalue weighted by Gasteiger charge is -2.33. The molecule has 0 aromatic heterocycles. The number of carbonyl (C=O) groups is 3. The number of hydrogen-bond donors (Lipinski definition) is 3. The van der Waals surface area contributed by atoms with Crippen LogP contribution in [0.3, 0.4) is 0 Å². The molecule has 3 aliphatic heterocycles. The molecular formula is C29H34ClN3O6. The molecule has 3 aliphatic rings. The zero-order valence-corrected chi connectivity index (χ0v) is 22.7. The molecule has 3 fully saturated rings. The van der Waals surface area contributed by atoms with Gasteiger partial charge in [0.15, 0.2) is 0 Å². The summed E-state index contributed by atoms with van der Waals surface area (Å²) < 4.78 is 11.9. The van der Waals surface area contributed by atoms with Gasteiger partial charge in [-0.3, -0.25) is 14.4 Å². The number of rotatable bonds is 11. The first-order valence-corrected chi connectivity index (χ1v) is 14.0. The Morgan fingerprint density at radius 1 is 1.10 bits per heavy atom. The molecule has 2 unspecified atom stereocenters. The van der Waals surface area contributed by atoms with Crippen LogP contribution in [0.2, 0.25) is 5.02 Å². The summed E-state index contributed by atoms with van der Waals surface area (Å²) in [7, 11) is 0. The predicted molar refractivity (Wildman–Crippen MR) is 147 cm³/mol. The van der Waals surface area contributed by atoms with E-state index in [9.17, 15) is 19.5 Å². The van der Waals surface area contributed by atoms with Gasteiger partial charge in [-0.1, -0.05) is 23.7 Å². The highest BCUT2D eigenvalue weighted by atomic mass is 35.5. The van der Waals surface area contributed by atoms with Crippen molar-refractivity contribution in [2.45, 2.75) is 56.8 Å². The Bertz CT molecular complexity index is 1220. The molecule has 3 saturated heterocycles. The summed E-state index contributed by atoms with van der Waals surface area (Å²) in [6.07, 6.45) is 2.58. The fourth-order valence-corrected chi connectivity index (χ4v) is 6.54. The number of nitrogens with zero attached hydrogens (tertiary/aromatic N) is 1. The van der Waals surface area contributed by atoms with E-state index in [1.807, 2.05) is 6.92 Å². The Kier molecular flexibility index (Phi) is 8.11. The van der Waals surface area contributed by atoms with Gasteiger partial charge in [0.05, 0.1) is 35.3 Å². The van der Waals surface area contributed by atoms with Crippen molar-refractivity contribution < 1.29 is 29.0 Å². The lowest BCUT2D eigenvalue weighted by molar-refractivity contribution is -0.139. The Hall–Kier alpha value is -3.14. The zero-order chi connectivity index (χ0) is 27.6. The number of para-hydroxylation sites is 1. The van der Waals surface area contributed by atoms with Crippen LogP contribution in [0.1, 0.15) is 39.0 Å². The average Bonchev–Trinajstić information content (AvgIpc) is 3.56. The predicted octanol–water partition coefficient (Wildman–Crippen LogP) is 3.85. The number of likely N-dealkylation sites (tertiary alicyclic amines) is 1. The molecule has 3 N–H and O–H groups in total. The number of benzene rings is 2. The van der Waals surface area contributed by atoms with Gasteiger partial charge < -0.3 is 30.1 Å². The fourth-order valence-electron chi connectivity index (χ4n) is 6.36. The number of anilines is 2. The number of hydrogen-bond acceptors (Lipinski definition) is 6. The molecule has 5 atom stereocenters. The van der Waals surface area contributed by atoms with Crippen LogP contribution in [0.5, 0.6) is 5.75 Å². The maximum atomic E-state index is 13.9. The van der Waals surface area contributed by atoms with Crippen molar-refractivity contribution in [3.63, 3.8) is 0 Å². The van der Waals surface area contributed by atoms with Crippen molar-refractivity contribution in [3.8, 4) is 5.75 Å². The van der Waals surface area contributed by atoms with E-state index in [2.05, 4.69) is 10.6 Å². The van der Waals surface area contributed by atoms with E-state index >= 15 is 0 Å². The number of aliphatic hydroxyl groups excluding tert-OH is 1. The molecule has 2 aromatic carbocycles. The van der Waals surface area contributed by atoms with E-state index in [1.54, 1.807) is 53.4 Å². The Morgan fingerprint density at radius 2 is 1.87 bits per heavy atom. The Morgan fingerprint density at radius 3 is 2.59 bits per heavy atom. The topological polar surface area (TPSA) is 117 Å². The lowest BCUT2D eigenvalue weighted by atomic mass is 9.70.